The van der Waals surface area contributed by atoms with Crippen LogP contribution >= 0.6 is 0 Å². The molecule has 2 amide bonds. The molecular weight excluding hydrogens is 476 g/mol. The molecule has 0 spiro atoms. The summed E-state index contributed by atoms with van der Waals surface area (Å²) in [5.41, 5.74) is 10.3. The van der Waals surface area contributed by atoms with Gasteiger partial charge in [0.25, 0.3) is 0 Å². The smallest absolute Gasteiger partial charge is 0.250 e. The van der Waals surface area contributed by atoms with Gasteiger partial charge < -0.3 is 26.2 Å². The molecule has 1 aromatic heterocycles. The molecule has 0 aliphatic carbocycles. The number of nitrogens with zero attached hydrogens (tertiary/aromatic N) is 3. The molecule has 8 nitrogen and oxygen atoms in total. The van der Waals surface area contributed by atoms with Gasteiger partial charge in [0, 0.05) is 37.9 Å². The molecule has 1 unspecified atom stereocenters. The summed E-state index contributed by atoms with van der Waals surface area (Å²) >= 11 is 0. The summed E-state index contributed by atoms with van der Waals surface area (Å²) in [5, 5.41) is 6.22. The fourth-order valence-electron chi connectivity index (χ4n) is 4.50. The number of fused-ring (bicyclic) bond motifs is 1. The molecule has 4 N–H and O–H groups in total. The van der Waals surface area contributed by atoms with Crippen LogP contribution in [0.15, 0.2) is 85.2 Å². The summed E-state index contributed by atoms with van der Waals surface area (Å²) in [4.78, 5) is 35.8. The van der Waals surface area contributed by atoms with Crippen LogP contribution in [0.2, 0.25) is 0 Å². The molecule has 0 fully saturated rings. The zero-order valence-corrected chi connectivity index (χ0v) is 22.4. The van der Waals surface area contributed by atoms with Crippen LogP contribution < -0.4 is 26.2 Å². The number of rotatable bonds is 9. The van der Waals surface area contributed by atoms with Gasteiger partial charge in [0.15, 0.2) is 0 Å². The lowest BCUT2D eigenvalue weighted by Crippen LogP contribution is -2.55. The van der Waals surface area contributed by atoms with Crippen LogP contribution in [-0.2, 0) is 22.6 Å². The van der Waals surface area contributed by atoms with Crippen molar-refractivity contribution in [1.82, 2.24) is 15.6 Å². The molecule has 0 saturated heterocycles. The van der Waals surface area contributed by atoms with Gasteiger partial charge in [-0.2, -0.15) is 0 Å². The fraction of sp³-hybridized carbons (Fsp3) is 0.300. The van der Waals surface area contributed by atoms with Crippen molar-refractivity contribution >= 4 is 23.2 Å². The number of pyridine rings is 1. The highest BCUT2D eigenvalue weighted by Crippen LogP contribution is 2.37. The zero-order chi connectivity index (χ0) is 27.4. The highest BCUT2D eigenvalue weighted by atomic mass is 16.2. The second-order valence-corrected chi connectivity index (χ2v) is 10.4. The number of aromatic nitrogens is 1. The number of carbonyl (C=O) groups is 2. The van der Waals surface area contributed by atoms with E-state index in [1.807, 2.05) is 99.6 Å². The van der Waals surface area contributed by atoms with E-state index in [0.717, 1.165) is 28.2 Å². The van der Waals surface area contributed by atoms with E-state index < -0.39 is 17.6 Å². The molecule has 2 atom stereocenters. The van der Waals surface area contributed by atoms with E-state index in [1.54, 1.807) is 11.1 Å². The van der Waals surface area contributed by atoms with Crippen LogP contribution in [0.4, 0.5) is 11.4 Å². The van der Waals surface area contributed by atoms with Crippen molar-refractivity contribution in [2.75, 3.05) is 23.9 Å². The molecule has 0 saturated carbocycles. The highest BCUT2D eigenvalue weighted by molar-refractivity contribution is 6.05. The number of nitrogens with two attached hydrogens (primary N) is 1. The first-order chi connectivity index (χ1) is 18.1. The van der Waals surface area contributed by atoms with Gasteiger partial charge in [0.05, 0.1) is 23.6 Å². The van der Waals surface area contributed by atoms with Crippen LogP contribution in [0.3, 0.4) is 0 Å². The number of para-hydroxylation sites is 1. The summed E-state index contributed by atoms with van der Waals surface area (Å²) in [6, 6.07) is 19.4. The van der Waals surface area contributed by atoms with E-state index in [0.29, 0.717) is 18.7 Å². The molecule has 0 bridgehead atoms. The summed E-state index contributed by atoms with van der Waals surface area (Å²) in [7, 11) is 3.91. The van der Waals surface area contributed by atoms with Gasteiger partial charge in [-0.25, -0.2) is 0 Å². The molecule has 8 heteroatoms. The Morgan fingerprint density at radius 2 is 1.84 bits per heavy atom. The lowest BCUT2D eigenvalue weighted by Gasteiger charge is -2.37. The van der Waals surface area contributed by atoms with Gasteiger partial charge >= 0.3 is 0 Å². The third-order valence-corrected chi connectivity index (χ3v) is 6.69. The maximum absolute atomic E-state index is 14.0. The number of amides is 2. The number of anilines is 2. The molecule has 1 aliphatic heterocycles. The summed E-state index contributed by atoms with van der Waals surface area (Å²) in [5.74, 6) is -0.513. The van der Waals surface area contributed by atoms with Gasteiger partial charge in [-0.3, -0.25) is 14.6 Å². The van der Waals surface area contributed by atoms with Gasteiger partial charge in [-0.05, 0) is 43.2 Å². The lowest BCUT2D eigenvalue weighted by atomic mass is 9.94. The third-order valence-electron chi connectivity index (χ3n) is 6.69. The van der Waals surface area contributed by atoms with E-state index >= 15 is 0 Å². The second-order valence-electron chi connectivity index (χ2n) is 10.4. The predicted molar refractivity (Wildman–Crippen MR) is 152 cm³/mol. The maximum atomic E-state index is 14.0. The Morgan fingerprint density at radius 1 is 1.13 bits per heavy atom. The summed E-state index contributed by atoms with van der Waals surface area (Å²) < 4.78 is 0. The van der Waals surface area contributed by atoms with Crippen molar-refractivity contribution in [3.63, 3.8) is 0 Å². The molecule has 1 aliphatic rings. The summed E-state index contributed by atoms with van der Waals surface area (Å²) in [6.45, 7) is 7.98. The first-order valence-corrected chi connectivity index (χ1v) is 12.7. The normalized spacial score (nSPS) is 15.9. The monoisotopic (exact) mass is 512 g/mol. The highest BCUT2D eigenvalue weighted by Gasteiger charge is 2.37. The van der Waals surface area contributed by atoms with E-state index in [1.165, 1.54) is 0 Å². The number of hydrogen-bond donors (Lipinski definition) is 3. The van der Waals surface area contributed by atoms with E-state index in [4.69, 9.17) is 5.73 Å². The van der Waals surface area contributed by atoms with Crippen molar-refractivity contribution in [2.24, 2.45) is 5.73 Å². The minimum absolute atomic E-state index is 0.185. The van der Waals surface area contributed by atoms with E-state index in [9.17, 15) is 9.59 Å². The van der Waals surface area contributed by atoms with E-state index in [-0.39, 0.29) is 11.8 Å². The average Bonchev–Trinajstić information content (AvgIpc) is 2.89. The Labute approximate surface area is 224 Å². The van der Waals surface area contributed by atoms with Crippen LogP contribution in [-0.4, -0.2) is 42.5 Å². The molecule has 0 radical (unpaired) electrons. The Bertz CT molecular complexity index is 1300. The lowest BCUT2D eigenvalue weighted by molar-refractivity contribution is -0.129. The minimum Gasteiger partial charge on any atom is -0.376 e. The Morgan fingerprint density at radius 3 is 2.47 bits per heavy atom. The Kier molecular flexibility index (Phi) is 7.83. The first-order valence-electron chi connectivity index (χ1n) is 12.7. The summed E-state index contributed by atoms with van der Waals surface area (Å²) in [6.07, 6.45) is 2.09. The second kappa shape index (κ2) is 11.1. The Hall–Kier alpha value is -4.17. The topological polar surface area (TPSA) is 104 Å². The van der Waals surface area contributed by atoms with Crippen LogP contribution in [0, 0.1) is 0 Å². The number of carbonyl (C=O) groups excluding carboxylic acids is 2. The fourth-order valence-corrected chi connectivity index (χ4v) is 4.50. The number of benzene rings is 2. The molecule has 198 valence electrons. The molecule has 38 heavy (non-hydrogen) atoms. The van der Waals surface area contributed by atoms with Gasteiger partial charge in [0.1, 0.15) is 12.1 Å². The molecular formula is C30H36N6O2. The number of nitrogens with one attached hydrogen (secondary N) is 2. The molecule has 2 heterocycles. The van der Waals surface area contributed by atoms with Crippen LogP contribution in [0.5, 0.6) is 0 Å². The van der Waals surface area contributed by atoms with Crippen molar-refractivity contribution in [3.05, 3.63) is 102 Å². The van der Waals surface area contributed by atoms with Gasteiger partial charge in [-0.1, -0.05) is 55.1 Å². The van der Waals surface area contributed by atoms with Crippen LogP contribution in [0.25, 0.3) is 0 Å². The largest absolute Gasteiger partial charge is 0.376 e. The van der Waals surface area contributed by atoms with Crippen molar-refractivity contribution in [3.8, 4) is 0 Å². The molecule has 4 rings (SSSR count). The maximum Gasteiger partial charge on any atom is 0.250 e. The SMILES string of the molecule is C=C(N[C@@H](C(=O)NC1Cc2cccc(N(C)C)c2N(Cc2ccccn2)C1=O)c1ccccc1)C(C)(C)N. The van der Waals surface area contributed by atoms with Gasteiger partial charge in [-0.15, -0.1) is 0 Å². The van der Waals surface area contributed by atoms with E-state index in [2.05, 4.69) is 22.2 Å². The molecule has 3 aromatic rings. The number of hydrogen-bond acceptors (Lipinski definition) is 6. The minimum atomic E-state index is -0.766. The quantitative estimate of drug-likeness (QED) is 0.407. The third kappa shape index (κ3) is 5.86. The van der Waals surface area contributed by atoms with Crippen molar-refractivity contribution in [2.45, 2.75) is 44.4 Å². The molecule has 2 aromatic carbocycles. The standard InChI is InChI=1S/C30H36N6O2/c1-20(30(2,3)31)33-26(21-12-7-6-8-13-21)28(37)34-24-18-22-14-11-16-25(35(4)5)27(22)36(29(24)38)19-23-15-9-10-17-32-23/h6-17,24,26,33H,1,18-19,31H2,2-5H3,(H,34,37)/t24?,26-/m1/s1. The Balaban J connectivity index is 1.67. The van der Waals surface area contributed by atoms with Crippen LogP contribution in [0.1, 0.15) is 36.7 Å². The predicted octanol–water partition coefficient (Wildman–Crippen LogP) is 3.30. The first kappa shape index (κ1) is 26.9. The van der Waals surface area contributed by atoms with Gasteiger partial charge in [0.2, 0.25) is 11.8 Å². The zero-order valence-electron chi connectivity index (χ0n) is 22.4. The van der Waals surface area contributed by atoms with Crippen molar-refractivity contribution < 1.29 is 9.59 Å². The average molecular weight is 513 g/mol. The van der Waals surface area contributed by atoms with Crippen molar-refractivity contribution in [1.29, 1.82) is 0 Å².